The number of nitrogen functional groups attached to an aromatic ring is 1. The molecule has 0 amide bonds. The van der Waals surface area contributed by atoms with E-state index in [4.69, 9.17) is 10.5 Å². The van der Waals surface area contributed by atoms with E-state index < -0.39 is 0 Å². The summed E-state index contributed by atoms with van der Waals surface area (Å²) in [5.41, 5.74) is 6.34. The zero-order valence-electron chi connectivity index (χ0n) is 9.64. The Morgan fingerprint density at radius 3 is 2.78 bits per heavy atom. The predicted molar refractivity (Wildman–Crippen MR) is 74.6 cm³/mol. The summed E-state index contributed by atoms with van der Waals surface area (Å²) in [5, 5.41) is 3.06. The number of anilines is 2. The van der Waals surface area contributed by atoms with Crippen LogP contribution in [0, 0.1) is 0 Å². The Morgan fingerprint density at radius 1 is 1.28 bits per heavy atom. The smallest absolute Gasteiger partial charge is 0.222 e. The standard InChI is InChI=1S/C12H13BrN4O/c13-9-7-16-12(17-8-9)15-4-5-18-11-3-1-2-10(14)6-11/h1-3,6-8H,4-5,14H2,(H,15,16,17). The van der Waals surface area contributed by atoms with Gasteiger partial charge in [-0.3, -0.25) is 0 Å². The molecule has 1 heterocycles. The lowest BCUT2D eigenvalue weighted by Crippen LogP contribution is -2.13. The van der Waals surface area contributed by atoms with E-state index >= 15 is 0 Å². The molecule has 18 heavy (non-hydrogen) atoms. The molecule has 0 bridgehead atoms. The quantitative estimate of drug-likeness (QED) is 0.655. The van der Waals surface area contributed by atoms with E-state index in [1.165, 1.54) is 0 Å². The van der Waals surface area contributed by atoms with Crippen molar-refractivity contribution in [2.75, 3.05) is 24.2 Å². The minimum atomic E-state index is 0.517. The summed E-state index contributed by atoms with van der Waals surface area (Å²) in [6, 6.07) is 7.33. The molecule has 0 aliphatic heterocycles. The van der Waals surface area contributed by atoms with Crippen molar-refractivity contribution in [3.05, 3.63) is 41.1 Å². The second kappa shape index (κ2) is 6.20. The summed E-state index contributed by atoms with van der Waals surface area (Å²) in [6.45, 7) is 1.14. The van der Waals surface area contributed by atoms with Gasteiger partial charge in [0.25, 0.3) is 0 Å². The van der Waals surface area contributed by atoms with Crippen LogP contribution >= 0.6 is 15.9 Å². The lowest BCUT2D eigenvalue weighted by Gasteiger charge is -2.07. The molecule has 0 spiro atoms. The molecule has 1 aromatic carbocycles. The Bertz CT molecular complexity index is 504. The lowest BCUT2D eigenvalue weighted by molar-refractivity contribution is 0.333. The summed E-state index contributed by atoms with van der Waals surface area (Å²) in [6.07, 6.45) is 3.38. The van der Waals surface area contributed by atoms with Gasteiger partial charge in [-0.15, -0.1) is 0 Å². The third-order valence-corrected chi connectivity index (χ3v) is 2.54. The number of hydrogen-bond acceptors (Lipinski definition) is 5. The van der Waals surface area contributed by atoms with Crippen LogP contribution in [0.1, 0.15) is 0 Å². The van der Waals surface area contributed by atoms with Crippen LogP contribution < -0.4 is 15.8 Å². The number of hydrogen-bond donors (Lipinski definition) is 2. The highest BCUT2D eigenvalue weighted by atomic mass is 79.9. The molecule has 94 valence electrons. The third kappa shape index (κ3) is 3.89. The Hall–Kier alpha value is -1.82. The van der Waals surface area contributed by atoms with E-state index in [9.17, 15) is 0 Å². The summed E-state index contributed by atoms with van der Waals surface area (Å²) in [5.74, 6) is 1.34. The first-order chi connectivity index (χ1) is 8.74. The summed E-state index contributed by atoms with van der Waals surface area (Å²) in [7, 11) is 0. The van der Waals surface area contributed by atoms with Gasteiger partial charge in [0, 0.05) is 24.1 Å². The van der Waals surface area contributed by atoms with E-state index in [0.29, 0.717) is 24.8 Å². The number of ether oxygens (including phenoxy) is 1. The highest BCUT2D eigenvalue weighted by molar-refractivity contribution is 9.10. The minimum Gasteiger partial charge on any atom is -0.492 e. The maximum Gasteiger partial charge on any atom is 0.222 e. The van der Waals surface area contributed by atoms with Crippen LogP contribution in [-0.4, -0.2) is 23.1 Å². The highest BCUT2D eigenvalue weighted by Crippen LogP contribution is 2.14. The summed E-state index contributed by atoms with van der Waals surface area (Å²) in [4.78, 5) is 8.18. The summed E-state index contributed by atoms with van der Waals surface area (Å²) < 4.78 is 6.38. The normalized spacial score (nSPS) is 10.1. The molecular weight excluding hydrogens is 296 g/mol. The molecule has 0 aliphatic rings. The van der Waals surface area contributed by atoms with Gasteiger partial charge in [-0.05, 0) is 28.1 Å². The fraction of sp³-hybridized carbons (Fsp3) is 0.167. The molecule has 0 saturated carbocycles. The first-order valence-corrected chi connectivity index (χ1v) is 6.23. The molecule has 0 fully saturated rings. The molecule has 0 unspecified atom stereocenters. The van der Waals surface area contributed by atoms with Gasteiger partial charge in [0.05, 0.1) is 11.0 Å². The van der Waals surface area contributed by atoms with E-state index in [0.717, 1.165) is 10.2 Å². The topological polar surface area (TPSA) is 73.1 Å². The van der Waals surface area contributed by atoms with Crippen molar-refractivity contribution in [3.8, 4) is 5.75 Å². The second-order valence-electron chi connectivity index (χ2n) is 3.57. The zero-order chi connectivity index (χ0) is 12.8. The van der Waals surface area contributed by atoms with Gasteiger partial charge in [-0.2, -0.15) is 0 Å². The van der Waals surface area contributed by atoms with Gasteiger partial charge < -0.3 is 15.8 Å². The van der Waals surface area contributed by atoms with E-state index in [2.05, 4.69) is 31.2 Å². The molecule has 2 aromatic rings. The van der Waals surface area contributed by atoms with Crippen molar-refractivity contribution in [1.82, 2.24) is 9.97 Å². The number of rotatable bonds is 5. The fourth-order valence-electron chi connectivity index (χ4n) is 1.34. The molecule has 3 N–H and O–H groups in total. The largest absolute Gasteiger partial charge is 0.492 e. The van der Waals surface area contributed by atoms with Crippen LogP contribution in [0.3, 0.4) is 0 Å². The number of halogens is 1. The first-order valence-electron chi connectivity index (χ1n) is 5.44. The predicted octanol–water partition coefficient (Wildman–Crippen LogP) is 2.31. The van der Waals surface area contributed by atoms with Gasteiger partial charge in [0.1, 0.15) is 12.4 Å². The number of nitrogens with two attached hydrogens (primary N) is 1. The molecule has 0 atom stereocenters. The highest BCUT2D eigenvalue weighted by Gasteiger charge is 1.96. The van der Waals surface area contributed by atoms with E-state index in [-0.39, 0.29) is 0 Å². The fourth-order valence-corrected chi connectivity index (χ4v) is 1.54. The molecule has 5 nitrogen and oxygen atoms in total. The number of aromatic nitrogens is 2. The molecule has 0 aliphatic carbocycles. The number of nitrogens with one attached hydrogen (secondary N) is 1. The maximum atomic E-state index is 5.65. The van der Waals surface area contributed by atoms with Crippen molar-refractivity contribution in [2.45, 2.75) is 0 Å². The molecule has 0 saturated heterocycles. The minimum absolute atomic E-state index is 0.517. The SMILES string of the molecule is Nc1cccc(OCCNc2ncc(Br)cn2)c1. The molecule has 1 aromatic heterocycles. The Morgan fingerprint density at radius 2 is 2.06 bits per heavy atom. The second-order valence-corrected chi connectivity index (χ2v) is 4.49. The van der Waals surface area contributed by atoms with Crippen molar-refractivity contribution < 1.29 is 4.74 Å². The van der Waals surface area contributed by atoms with Gasteiger partial charge in [0.15, 0.2) is 0 Å². The molecule has 6 heteroatoms. The van der Waals surface area contributed by atoms with Crippen molar-refractivity contribution in [1.29, 1.82) is 0 Å². The zero-order valence-corrected chi connectivity index (χ0v) is 11.2. The van der Waals surface area contributed by atoms with Gasteiger partial charge in [0.2, 0.25) is 5.95 Å². The molecular formula is C12H13BrN4O. The summed E-state index contributed by atoms with van der Waals surface area (Å²) >= 11 is 3.28. The molecule has 0 radical (unpaired) electrons. The van der Waals surface area contributed by atoms with Crippen LogP contribution in [0.2, 0.25) is 0 Å². The Labute approximate surface area is 114 Å². The van der Waals surface area contributed by atoms with E-state index in [1.807, 2.05) is 18.2 Å². The Kier molecular flexibility index (Phi) is 4.35. The Balaban J connectivity index is 1.74. The number of nitrogens with zero attached hydrogens (tertiary/aromatic N) is 2. The van der Waals surface area contributed by atoms with Crippen LogP contribution in [0.15, 0.2) is 41.1 Å². The van der Waals surface area contributed by atoms with Crippen LogP contribution in [0.5, 0.6) is 5.75 Å². The number of benzene rings is 1. The monoisotopic (exact) mass is 308 g/mol. The van der Waals surface area contributed by atoms with Crippen molar-refractivity contribution in [2.24, 2.45) is 0 Å². The van der Waals surface area contributed by atoms with Crippen LogP contribution in [0.4, 0.5) is 11.6 Å². The van der Waals surface area contributed by atoms with E-state index in [1.54, 1.807) is 18.5 Å². The lowest BCUT2D eigenvalue weighted by atomic mass is 10.3. The van der Waals surface area contributed by atoms with Crippen LogP contribution in [-0.2, 0) is 0 Å². The maximum absolute atomic E-state index is 5.65. The first kappa shape index (κ1) is 12.6. The average Bonchev–Trinajstić information content (AvgIpc) is 2.37. The van der Waals surface area contributed by atoms with Gasteiger partial charge in [-0.1, -0.05) is 6.07 Å². The third-order valence-electron chi connectivity index (χ3n) is 2.13. The molecule has 2 rings (SSSR count). The van der Waals surface area contributed by atoms with Gasteiger partial charge in [-0.25, -0.2) is 9.97 Å². The van der Waals surface area contributed by atoms with Crippen molar-refractivity contribution >= 4 is 27.6 Å². The van der Waals surface area contributed by atoms with Gasteiger partial charge >= 0.3 is 0 Å². The average molecular weight is 309 g/mol. The van der Waals surface area contributed by atoms with Crippen LogP contribution in [0.25, 0.3) is 0 Å². The van der Waals surface area contributed by atoms with Crippen molar-refractivity contribution in [3.63, 3.8) is 0 Å².